The van der Waals surface area contributed by atoms with Crippen molar-refractivity contribution in [3.8, 4) is 0 Å². The van der Waals surface area contributed by atoms with Gasteiger partial charge < -0.3 is 4.74 Å². The minimum absolute atomic E-state index is 0.00967. The Hall–Kier alpha value is -0.530. The number of carbonyl (C=O) groups excluding carboxylic acids is 1. The Labute approximate surface area is 99.8 Å². The van der Waals surface area contributed by atoms with Crippen LogP contribution in [-0.2, 0) is 9.53 Å². The maximum atomic E-state index is 11.5. The first-order valence-corrected chi connectivity index (χ1v) is 6.90. The molecule has 1 rings (SSSR count). The average molecular weight is 226 g/mol. The number of ether oxygens (including phenoxy) is 1. The van der Waals surface area contributed by atoms with Crippen LogP contribution in [0.5, 0.6) is 0 Å². The summed E-state index contributed by atoms with van der Waals surface area (Å²) >= 11 is 0. The maximum absolute atomic E-state index is 11.5. The Kier molecular flexibility index (Phi) is 6.51. The zero-order chi connectivity index (χ0) is 11.8. The Morgan fingerprint density at radius 2 is 1.75 bits per heavy atom. The van der Waals surface area contributed by atoms with Gasteiger partial charge in [-0.1, -0.05) is 46.0 Å². The second-order valence-electron chi connectivity index (χ2n) is 5.15. The average Bonchev–Trinajstić information content (AvgIpc) is 2.26. The van der Waals surface area contributed by atoms with Crippen LogP contribution in [0.2, 0.25) is 0 Å². The number of esters is 1. The summed E-state index contributed by atoms with van der Waals surface area (Å²) in [6.45, 7) is 4.63. The first-order chi connectivity index (χ1) is 7.74. The van der Waals surface area contributed by atoms with E-state index in [1.807, 2.05) is 13.8 Å². The van der Waals surface area contributed by atoms with E-state index >= 15 is 0 Å². The predicted octanol–water partition coefficient (Wildman–Crippen LogP) is 3.94. The molecular formula is C14H26O2. The molecule has 1 aliphatic carbocycles. The van der Waals surface area contributed by atoms with Crippen LogP contribution in [0, 0.1) is 11.8 Å². The van der Waals surface area contributed by atoms with E-state index < -0.39 is 0 Å². The third-order valence-electron chi connectivity index (χ3n) is 3.70. The van der Waals surface area contributed by atoms with Gasteiger partial charge in [0.25, 0.3) is 0 Å². The molecule has 1 atom stereocenters. The lowest BCUT2D eigenvalue weighted by Gasteiger charge is -2.20. The summed E-state index contributed by atoms with van der Waals surface area (Å²) in [5.41, 5.74) is 0. The normalized spacial score (nSPS) is 20.9. The summed E-state index contributed by atoms with van der Waals surface area (Å²) in [7, 11) is 0. The smallest absolute Gasteiger partial charge is 0.308 e. The molecule has 0 N–H and O–H groups in total. The summed E-state index contributed by atoms with van der Waals surface area (Å²) in [5.74, 6) is 0.673. The number of rotatable bonds is 4. The van der Waals surface area contributed by atoms with Crippen LogP contribution in [0.1, 0.15) is 65.2 Å². The largest absolute Gasteiger partial charge is 0.465 e. The van der Waals surface area contributed by atoms with Gasteiger partial charge in [-0.2, -0.15) is 0 Å². The highest BCUT2D eigenvalue weighted by atomic mass is 16.5. The first kappa shape index (κ1) is 13.5. The lowest BCUT2D eigenvalue weighted by atomic mass is 9.92. The summed E-state index contributed by atoms with van der Waals surface area (Å²) in [4.78, 5) is 11.5. The van der Waals surface area contributed by atoms with E-state index in [4.69, 9.17) is 4.74 Å². The van der Waals surface area contributed by atoms with Crippen molar-refractivity contribution in [1.29, 1.82) is 0 Å². The second-order valence-corrected chi connectivity index (χ2v) is 5.15. The third kappa shape index (κ3) is 5.00. The first-order valence-electron chi connectivity index (χ1n) is 6.90. The number of hydrogen-bond acceptors (Lipinski definition) is 2. The van der Waals surface area contributed by atoms with Crippen LogP contribution in [0.25, 0.3) is 0 Å². The zero-order valence-corrected chi connectivity index (χ0v) is 10.8. The summed E-state index contributed by atoms with van der Waals surface area (Å²) in [6.07, 6.45) is 10.1. The molecule has 0 spiro atoms. The zero-order valence-electron chi connectivity index (χ0n) is 10.8. The highest BCUT2D eigenvalue weighted by Gasteiger charge is 2.16. The van der Waals surface area contributed by atoms with Crippen molar-refractivity contribution in [1.82, 2.24) is 0 Å². The molecule has 94 valence electrons. The molecule has 1 saturated carbocycles. The van der Waals surface area contributed by atoms with Crippen LogP contribution in [0.3, 0.4) is 0 Å². The third-order valence-corrected chi connectivity index (χ3v) is 3.70. The fourth-order valence-electron chi connectivity index (χ4n) is 2.22. The van der Waals surface area contributed by atoms with E-state index in [-0.39, 0.29) is 11.9 Å². The van der Waals surface area contributed by atoms with Crippen LogP contribution in [0.15, 0.2) is 0 Å². The molecule has 2 nitrogen and oxygen atoms in total. The topological polar surface area (TPSA) is 26.3 Å². The standard InChI is InChI=1S/C14H26O2/c1-3-12(2)14(15)16-11-13-9-7-5-4-6-8-10-13/h12-13H,3-11H2,1-2H3. The molecule has 0 bridgehead atoms. The highest BCUT2D eigenvalue weighted by Crippen LogP contribution is 2.22. The Balaban J connectivity index is 2.21. The van der Waals surface area contributed by atoms with Crippen molar-refractivity contribution in [2.45, 2.75) is 65.2 Å². The van der Waals surface area contributed by atoms with Crippen molar-refractivity contribution < 1.29 is 9.53 Å². The number of hydrogen-bond donors (Lipinski definition) is 0. The molecule has 2 heteroatoms. The van der Waals surface area contributed by atoms with Gasteiger partial charge in [0.1, 0.15) is 0 Å². The van der Waals surface area contributed by atoms with Crippen LogP contribution >= 0.6 is 0 Å². The Morgan fingerprint density at radius 1 is 1.19 bits per heavy atom. The van der Waals surface area contributed by atoms with Gasteiger partial charge in [0.05, 0.1) is 12.5 Å². The van der Waals surface area contributed by atoms with E-state index in [0.717, 1.165) is 6.42 Å². The fourth-order valence-corrected chi connectivity index (χ4v) is 2.22. The second kappa shape index (κ2) is 7.70. The molecule has 1 aliphatic rings. The molecule has 0 aromatic carbocycles. The van der Waals surface area contributed by atoms with Gasteiger partial charge in [-0.3, -0.25) is 4.79 Å². The molecule has 0 aliphatic heterocycles. The molecule has 0 aromatic heterocycles. The van der Waals surface area contributed by atoms with Crippen molar-refractivity contribution in [3.05, 3.63) is 0 Å². The van der Waals surface area contributed by atoms with Gasteiger partial charge in [-0.25, -0.2) is 0 Å². The lowest BCUT2D eigenvalue weighted by molar-refractivity contribution is -0.149. The Morgan fingerprint density at radius 3 is 2.31 bits per heavy atom. The van der Waals surface area contributed by atoms with E-state index in [1.54, 1.807) is 0 Å². The van der Waals surface area contributed by atoms with E-state index in [2.05, 4.69) is 0 Å². The molecule has 0 aromatic rings. The van der Waals surface area contributed by atoms with Gasteiger partial charge in [0.15, 0.2) is 0 Å². The molecule has 0 radical (unpaired) electrons. The van der Waals surface area contributed by atoms with Crippen LogP contribution in [0.4, 0.5) is 0 Å². The van der Waals surface area contributed by atoms with E-state index in [9.17, 15) is 4.79 Å². The quantitative estimate of drug-likeness (QED) is 0.679. The minimum Gasteiger partial charge on any atom is -0.465 e. The molecule has 0 heterocycles. The highest BCUT2D eigenvalue weighted by molar-refractivity contribution is 5.71. The van der Waals surface area contributed by atoms with Crippen molar-refractivity contribution in [2.24, 2.45) is 11.8 Å². The molecule has 0 saturated heterocycles. The number of carbonyl (C=O) groups is 1. The molecule has 1 unspecified atom stereocenters. The molecule has 16 heavy (non-hydrogen) atoms. The minimum atomic E-state index is -0.00967. The van der Waals surface area contributed by atoms with Crippen LogP contribution < -0.4 is 0 Å². The monoisotopic (exact) mass is 226 g/mol. The van der Waals surface area contributed by atoms with Crippen molar-refractivity contribution in [3.63, 3.8) is 0 Å². The predicted molar refractivity (Wildman–Crippen MR) is 66.2 cm³/mol. The van der Waals surface area contributed by atoms with Gasteiger partial charge >= 0.3 is 5.97 Å². The SMILES string of the molecule is CCC(C)C(=O)OCC1CCCCCCC1. The lowest BCUT2D eigenvalue weighted by Crippen LogP contribution is -2.19. The van der Waals surface area contributed by atoms with Gasteiger partial charge in [0.2, 0.25) is 0 Å². The summed E-state index contributed by atoms with van der Waals surface area (Å²) in [5, 5.41) is 0. The molecular weight excluding hydrogens is 200 g/mol. The summed E-state index contributed by atoms with van der Waals surface area (Å²) < 4.78 is 5.39. The van der Waals surface area contributed by atoms with Gasteiger partial charge in [-0.15, -0.1) is 0 Å². The van der Waals surface area contributed by atoms with E-state index in [0.29, 0.717) is 12.5 Å². The van der Waals surface area contributed by atoms with Crippen molar-refractivity contribution >= 4 is 5.97 Å². The maximum Gasteiger partial charge on any atom is 0.308 e. The molecule has 1 fully saturated rings. The fraction of sp³-hybridized carbons (Fsp3) is 0.929. The van der Waals surface area contributed by atoms with Gasteiger partial charge in [0, 0.05) is 0 Å². The molecule has 0 amide bonds. The summed E-state index contributed by atoms with van der Waals surface area (Å²) in [6, 6.07) is 0. The van der Waals surface area contributed by atoms with Crippen molar-refractivity contribution in [2.75, 3.05) is 6.61 Å². The van der Waals surface area contributed by atoms with Crippen LogP contribution in [-0.4, -0.2) is 12.6 Å². The van der Waals surface area contributed by atoms with Gasteiger partial charge in [-0.05, 0) is 25.2 Å². The Bertz CT molecular complexity index is 193. The van der Waals surface area contributed by atoms with E-state index in [1.165, 1.54) is 44.9 Å².